The molecule has 0 fully saturated rings. The Morgan fingerprint density at radius 1 is 1.42 bits per heavy atom. The molecule has 1 atom stereocenters. The zero-order valence-electron chi connectivity index (χ0n) is 5.95. The molecule has 0 aliphatic carbocycles. The Hall–Kier alpha value is -0.870. The Morgan fingerprint density at radius 3 is 2.83 bits per heavy atom. The second kappa shape index (κ2) is 2.88. The number of halogens is 1. The molecule has 1 aromatic carbocycles. The fourth-order valence-electron chi connectivity index (χ4n) is 1.01. The number of aromatic amines is 1. The molecule has 1 aromatic heterocycles. The number of nitrogens with one attached hydrogen (secondary N) is 1. The highest BCUT2D eigenvalue weighted by molar-refractivity contribution is 8.08. The highest BCUT2D eigenvalue weighted by Crippen LogP contribution is 2.13. The van der Waals surface area contributed by atoms with Crippen LogP contribution in [-0.4, -0.2) is 14.2 Å². The molecule has 0 saturated carbocycles. The lowest BCUT2D eigenvalue weighted by Gasteiger charge is -1.81. The van der Waals surface area contributed by atoms with E-state index in [0.29, 0.717) is 5.16 Å². The van der Waals surface area contributed by atoms with Crippen LogP contribution in [0.15, 0.2) is 29.4 Å². The van der Waals surface area contributed by atoms with E-state index < -0.39 is 10.0 Å². The number of hydrogen-bond acceptors (Lipinski definition) is 2. The van der Waals surface area contributed by atoms with Gasteiger partial charge >= 0.3 is 0 Å². The standard InChI is InChI=1S/C7H5ClN2OS/c8-12(11)7-9-5-3-1-2-4-6(5)10-7/h1-4H,(H,9,10). The number of rotatable bonds is 1. The van der Waals surface area contributed by atoms with Crippen molar-refractivity contribution < 1.29 is 4.21 Å². The van der Waals surface area contributed by atoms with Gasteiger partial charge in [0.25, 0.3) is 0 Å². The normalized spacial score (nSPS) is 13.4. The van der Waals surface area contributed by atoms with Gasteiger partial charge in [0, 0.05) is 0 Å². The second-order valence-electron chi connectivity index (χ2n) is 2.28. The molecule has 3 nitrogen and oxygen atoms in total. The van der Waals surface area contributed by atoms with Gasteiger partial charge < -0.3 is 4.98 Å². The molecule has 1 heterocycles. The molecule has 1 unspecified atom stereocenters. The third-order valence-corrected chi connectivity index (χ3v) is 2.46. The van der Waals surface area contributed by atoms with Crippen molar-refractivity contribution in [2.45, 2.75) is 5.16 Å². The molecule has 5 heteroatoms. The zero-order chi connectivity index (χ0) is 8.55. The Bertz CT molecular complexity index is 407. The first-order chi connectivity index (χ1) is 5.77. The number of imidazole rings is 1. The van der Waals surface area contributed by atoms with Crippen LogP contribution >= 0.6 is 10.7 Å². The van der Waals surface area contributed by atoms with Crippen LogP contribution in [0.2, 0.25) is 0 Å². The van der Waals surface area contributed by atoms with Crippen molar-refractivity contribution in [1.29, 1.82) is 0 Å². The van der Waals surface area contributed by atoms with Crippen LogP contribution in [0.25, 0.3) is 11.0 Å². The summed E-state index contributed by atoms with van der Waals surface area (Å²) in [4.78, 5) is 6.88. The summed E-state index contributed by atoms with van der Waals surface area (Å²) >= 11 is 0. The first kappa shape index (κ1) is 7.76. The Balaban J connectivity index is 2.70. The first-order valence-electron chi connectivity index (χ1n) is 3.30. The smallest absolute Gasteiger partial charge is 0.213 e. The molecule has 0 spiro atoms. The molecule has 0 aliphatic heterocycles. The lowest BCUT2D eigenvalue weighted by Crippen LogP contribution is -1.82. The molecule has 0 bridgehead atoms. The van der Waals surface area contributed by atoms with Crippen molar-refractivity contribution in [3.8, 4) is 0 Å². The number of H-pyrrole nitrogens is 1. The topological polar surface area (TPSA) is 45.8 Å². The number of hydrogen-bond donors (Lipinski definition) is 1. The molecule has 0 saturated heterocycles. The Kier molecular flexibility index (Phi) is 1.86. The van der Waals surface area contributed by atoms with E-state index in [9.17, 15) is 4.21 Å². The highest BCUT2D eigenvalue weighted by Gasteiger charge is 2.05. The first-order valence-corrected chi connectivity index (χ1v) is 5.28. The summed E-state index contributed by atoms with van der Waals surface area (Å²) in [7, 11) is 3.80. The van der Waals surface area contributed by atoms with Crippen LogP contribution in [0.4, 0.5) is 0 Å². The predicted octanol–water partition coefficient (Wildman–Crippen LogP) is 1.82. The van der Waals surface area contributed by atoms with Gasteiger partial charge in [-0.2, -0.15) is 0 Å². The third-order valence-electron chi connectivity index (χ3n) is 1.52. The van der Waals surface area contributed by atoms with E-state index in [1.54, 1.807) is 0 Å². The monoisotopic (exact) mass is 200 g/mol. The van der Waals surface area contributed by atoms with Gasteiger partial charge in [-0.3, -0.25) is 0 Å². The maximum Gasteiger partial charge on any atom is 0.213 e. The van der Waals surface area contributed by atoms with Crippen LogP contribution in [0.3, 0.4) is 0 Å². The molecule has 1 N–H and O–H groups in total. The molecule has 62 valence electrons. The number of fused-ring (bicyclic) bond motifs is 1. The number of nitrogens with zero attached hydrogens (tertiary/aromatic N) is 1. The van der Waals surface area contributed by atoms with Gasteiger partial charge in [-0.15, -0.1) is 0 Å². The molecule has 0 amide bonds. The SMILES string of the molecule is O=S(Cl)c1nc2ccccc2[nH]1. The van der Waals surface area contributed by atoms with Gasteiger partial charge in [0.1, 0.15) is 0 Å². The van der Waals surface area contributed by atoms with Crippen LogP contribution in [0, 0.1) is 0 Å². The second-order valence-corrected chi connectivity index (χ2v) is 3.96. The fraction of sp³-hybridized carbons (Fsp3) is 0. The lowest BCUT2D eigenvalue weighted by atomic mass is 10.3. The number of benzene rings is 1. The molecule has 0 radical (unpaired) electrons. The van der Waals surface area contributed by atoms with Crippen LogP contribution in [0.5, 0.6) is 0 Å². The number of aromatic nitrogens is 2. The third kappa shape index (κ3) is 1.23. The lowest BCUT2D eigenvalue weighted by molar-refractivity contribution is 0.686. The van der Waals surface area contributed by atoms with Crippen molar-refractivity contribution in [2.75, 3.05) is 0 Å². The summed E-state index contributed by atoms with van der Waals surface area (Å²) < 4.78 is 10.8. The van der Waals surface area contributed by atoms with Crippen molar-refractivity contribution in [3.63, 3.8) is 0 Å². The van der Waals surface area contributed by atoms with Crippen molar-refractivity contribution in [2.24, 2.45) is 0 Å². The van der Waals surface area contributed by atoms with E-state index in [2.05, 4.69) is 9.97 Å². The van der Waals surface area contributed by atoms with Gasteiger partial charge in [-0.1, -0.05) is 12.1 Å². The van der Waals surface area contributed by atoms with E-state index in [1.807, 2.05) is 24.3 Å². The maximum absolute atomic E-state index is 10.8. The van der Waals surface area contributed by atoms with Gasteiger partial charge in [-0.05, 0) is 22.8 Å². The van der Waals surface area contributed by atoms with E-state index in [0.717, 1.165) is 11.0 Å². The summed E-state index contributed by atoms with van der Waals surface area (Å²) in [5.41, 5.74) is 1.63. The molecular weight excluding hydrogens is 196 g/mol. The number of para-hydroxylation sites is 2. The minimum atomic E-state index is -1.56. The van der Waals surface area contributed by atoms with Gasteiger partial charge in [0.15, 0.2) is 10.0 Å². The van der Waals surface area contributed by atoms with Crippen molar-refractivity contribution >= 4 is 31.7 Å². The average molecular weight is 201 g/mol. The molecule has 2 aromatic rings. The van der Waals surface area contributed by atoms with Gasteiger partial charge in [0.05, 0.1) is 11.0 Å². The maximum atomic E-state index is 10.8. The Labute approximate surface area is 75.7 Å². The van der Waals surface area contributed by atoms with Crippen molar-refractivity contribution in [1.82, 2.24) is 9.97 Å². The summed E-state index contributed by atoms with van der Waals surface area (Å²) in [5, 5.41) is 0.304. The quantitative estimate of drug-likeness (QED) is 0.714. The summed E-state index contributed by atoms with van der Waals surface area (Å²) in [6.07, 6.45) is 0. The van der Waals surface area contributed by atoms with Gasteiger partial charge in [0.2, 0.25) is 5.16 Å². The predicted molar refractivity (Wildman–Crippen MR) is 48.4 cm³/mol. The van der Waals surface area contributed by atoms with Gasteiger partial charge in [-0.25, -0.2) is 9.19 Å². The van der Waals surface area contributed by atoms with E-state index in [1.165, 1.54) is 0 Å². The molecular formula is C7H5ClN2OS. The van der Waals surface area contributed by atoms with Crippen LogP contribution in [-0.2, 0) is 10.0 Å². The fourth-order valence-corrected chi connectivity index (χ4v) is 1.58. The van der Waals surface area contributed by atoms with E-state index in [4.69, 9.17) is 10.7 Å². The summed E-state index contributed by atoms with van der Waals surface area (Å²) in [5.74, 6) is 0. The minimum Gasteiger partial charge on any atom is -0.330 e. The highest BCUT2D eigenvalue weighted by atomic mass is 35.7. The molecule has 2 rings (SSSR count). The molecule has 0 aliphatic rings. The van der Waals surface area contributed by atoms with E-state index >= 15 is 0 Å². The minimum absolute atomic E-state index is 0.304. The average Bonchev–Trinajstić information content (AvgIpc) is 2.46. The van der Waals surface area contributed by atoms with Crippen LogP contribution < -0.4 is 0 Å². The summed E-state index contributed by atoms with van der Waals surface area (Å²) in [6.45, 7) is 0. The Morgan fingerprint density at radius 2 is 2.17 bits per heavy atom. The van der Waals surface area contributed by atoms with Crippen LogP contribution in [0.1, 0.15) is 0 Å². The zero-order valence-corrected chi connectivity index (χ0v) is 7.52. The van der Waals surface area contributed by atoms with Crippen molar-refractivity contribution in [3.05, 3.63) is 24.3 Å². The largest absolute Gasteiger partial charge is 0.330 e. The molecule has 12 heavy (non-hydrogen) atoms. The summed E-state index contributed by atoms with van der Waals surface area (Å²) in [6, 6.07) is 7.43. The van der Waals surface area contributed by atoms with E-state index in [-0.39, 0.29) is 0 Å².